The second-order valence-corrected chi connectivity index (χ2v) is 4.35. The number of para-hydroxylation sites is 1. The lowest BCUT2D eigenvalue weighted by Crippen LogP contribution is -2.18. The topological polar surface area (TPSA) is 90.0 Å². The molecule has 0 unspecified atom stereocenters. The molecule has 0 saturated carbocycles. The summed E-state index contributed by atoms with van der Waals surface area (Å²) in [5, 5.41) is 6.84. The molecule has 2 aromatic rings. The molecule has 20 heavy (non-hydrogen) atoms. The molecule has 0 fully saturated rings. The van der Waals surface area contributed by atoms with Gasteiger partial charge in [0.25, 0.3) is 11.8 Å². The predicted molar refractivity (Wildman–Crippen MR) is 75.6 cm³/mol. The van der Waals surface area contributed by atoms with Crippen LogP contribution in [0.15, 0.2) is 30.3 Å². The van der Waals surface area contributed by atoms with E-state index in [0.29, 0.717) is 17.9 Å². The van der Waals surface area contributed by atoms with Gasteiger partial charge in [-0.25, -0.2) is 0 Å². The number of hydrogen-bond donors (Lipinski definition) is 2. The van der Waals surface area contributed by atoms with Gasteiger partial charge >= 0.3 is 0 Å². The van der Waals surface area contributed by atoms with Crippen LogP contribution >= 0.6 is 0 Å². The minimum atomic E-state index is -0.587. The van der Waals surface area contributed by atoms with E-state index < -0.39 is 5.91 Å². The number of nitrogens with one attached hydrogen (secondary N) is 1. The number of hydrogen-bond acceptors (Lipinski definition) is 3. The fourth-order valence-electron chi connectivity index (χ4n) is 1.93. The summed E-state index contributed by atoms with van der Waals surface area (Å²) in [5.74, 6) is -0.954. The molecule has 0 radical (unpaired) electrons. The maximum Gasteiger partial charge on any atom is 0.276 e. The SMILES string of the molecule is CCn1nc(C(=O)Nc2ccccc2C(N)=O)cc1C. The number of aromatic nitrogens is 2. The van der Waals surface area contributed by atoms with Crippen molar-refractivity contribution in [2.24, 2.45) is 5.73 Å². The Bertz CT molecular complexity index is 661. The van der Waals surface area contributed by atoms with Crippen LogP contribution < -0.4 is 11.1 Å². The summed E-state index contributed by atoms with van der Waals surface area (Å²) in [4.78, 5) is 23.4. The number of carbonyl (C=O) groups excluding carboxylic acids is 2. The number of anilines is 1. The molecule has 6 heteroatoms. The molecule has 0 aliphatic rings. The van der Waals surface area contributed by atoms with Crippen molar-refractivity contribution < 1.29 is 9.59 Å². The van der Waals surface area contributed by atoms with Gasteiger partial charge in [-0.05, 0) is 32.0 Å². The van der Waals surface area contributed by atoms with Crippen LogP contribution in [-0.4, -0.2) is 21.6 Å². The molecule has 0 bridgehead atoms. The number of rotatable bonds is 4. The van der Waals surface area contributed by atoms with Gasteiger partial charge in [0.05, 0.1) is 11.3 Å². The Morgan fingerprint density at radius 1 is 1.35 bits per heavy atom. The zero-order chi connectivity index (χ0) is 14.7. The highest BCUT2D eigenvalue weighted by Gasteiger charge is 2.15. The zero-order valence-electron chi connectivity index (χ0n) is 11.4. The van der Waals surface area contributed by atoms with Gasteiger partial charge < -0.3 is 11.1 Å². The van der Waals surface area contributed by atoms with E-state index in [1.54, 1.807) is 35.0 Å². The van der Waals surface area contributed by atoms with E-state index in [0.717, 1.165) is 5.69 Å². The summed E-state index contributed by atoms with van der Waals surface area (Å²) >= 11 is 0. The monoisotopic (exact) mass is 272 g/mol. The van der Waals surface area contributed by atoms with E-state index in [2.05, 4.69) is 10.4 Å². The summed E-state index contributed by atoms with van der Waals surface area (Å²) in [5.41, 5.74) is 7.14. The van der Waals surface area contributed by atoms with Crippen molar-refractivity contribution in [3.8, 4) is 0 Å². The van der Waals surface area contributed by atoms with Gasteiger partial charge in [-0.1, -0.05) is 12.1 Å². The Kier molecular flexibility index (Phi) is 3.84. The minimum Gasteiger partial charge on any atom is -0.366 e. The van der Waals surface area contributed by atoms with Crippen LogP contribution in [0.1, 0.15) is 33.5 Å². The standard InChI is InChI=1S/C14H16N4O2/c1-3-18-9(2)8-12(17-18)14(20)16-11-7-5-4-6-10(11)13(15)19/h4-8H,3H2,1-2H3,(H2,15,19)(H,16,20). The quantitative estimate of drug-likeness (QED) is 0.885. The van der Waals surface area contributed by atoms with E-state index in [9.17, 15) is 9.59 Å². The van der Waals surface area contributed by atoms with Crippen LogP contribution in [0.5, 0.6) is 0 Å². The first-order valence-electron chi connectivity index (χ1n) is 6.27. The highest BCUT2D eigenvalue weighted by molar-refractivity contribution is 6.07. The number of nitrogens with two attached hydrogens (primary N) is 1. The number of benzene rings is 1. The molecular formula is C14H16N4O2. The highest BCUT2D eigenvalue weighted by atomic mass is 16.2. The van der Waals surface area contributed by atoms with Gasteiger partial charge in [0.1, 0.15) is 0 Å². The van der Waals surface area contributed by atoms with E-state index in [1.807, 2.05) is 13.8 Å². The number of primary amides is 1. The Labute approximate surface area is 116 Å². The molecule has 0 saturated heterocycles. The maximum absolute atomic E-state index is 12.1. The molecule has 0 atom stereocenters. The molecule has 3 N–H and O–H groups in total. The molecule has 6 nitrogen and oxygen atoms in total. The Morgan fingerprint density at radius 2 is 2.05 bits per heavy atom. The maximum atomic E-state index is 12.1. The summed E-state index contributed by atoms with van der Waals surface area (Å²) in [6.45, 7) is 4.52. The van der Waals surface area contributed by atoms with Crippen LogP contribution in [0.2, 0.25) is 0 Å². The van der Waals surface area contributed by atoms with E-state index in [1.165, 1.54) is 0 Å². The Morgan fingerprint density at radius 3 is 2.65 bits per heavy atom. The Balaban J connectivity index is 2.25. The number of aryl methyl sites for hydroxylation is 2. The molecule has 104 valence electrons. The molecule has 1 aromatic carbocycles. The van der Waals surface area contributed by atoms with E-state index in [4.69, 9.17) is 5.73 Å². The molecule has 2 rings (SSSR count). The smallest absolute Gasteiger partial charge is 0.276 e. The number of amides is 2. The molecule has 1 aromatic heterocycles. The average molecular weight is 272 g/mol. The third kappa shape index (κ3) is 2.69. The van der Waals surface area contributed by atoms with E-state index in [-0.39, 0.29) is 11.5 Å². The van der Waals surface area contributed by atoms with Gasteiger partial charge in [0.2, 0.25) is 0 Å². The van der Waals surface area contributed by atoms with E-state index >= 15 is 0 Å². The molecule has 0 aliphatic carbocycles. The number of carbonyl (C=O) groups is 2. The first kappa shape index (κ1) is 13.8. The molecule has 1 heterocycles. The Hall–Kier alpha value is -2.63. The fourth-order valence-corrected chi connectivity index (χ4v) is 1.93. The molecule has 2 amide bonds. The first-order chi connectivity index (χ1) is 9.52. The summed E-state index contributed by atoms with van der Waals surface area (Å²) in [6.07, 6.45) is 0. The van der Waals surface area contributed by atoms with Crippen molar-refractivity contribution >= 4 is 17.5 Å². The van der Waals surface area contributed by atoms with Crippen molar-refractivity contribution in [2.45, 2.75) is 20.4 Å². The van der Waals surface area contributed by atoms with Gasteiger partial charge in [0, 0.05) is 12.2 Å². The number of nitrogens with zero attached hydrogens (tertiary/aromatic N) is 2. The van der Waals surface area contributed by atoms with Crippen LogP contribution in [-0.2, 0) is 6.54 Å². The second-order valence-electron chi connectivity index (χ2n) is 4.35. The van der Waals surface area contributed by atoms with Crippen molar-refractivity contribution in [3.05, 3.63) is 47.3 Å². The lowest BCUT2D eigenvalue weighted by atomic mass is 10.1. The van der Waals surface area contributed by atoms with Crippen molar-refractivity contribution in [1.29, 1.82) is 0 Å². The predicted octanol–water partition coefficient (Wildman–Crippen LogP) is 1.56. The van der Waals surface area contributed by atoms with Gasteiger partial charge in [-0.2, -0.15) is 5.10 Å². The largest absolute Gasteiger partial charge is 0.366 e. The third-order valence-electron chi connectivity index (χ3n) is 2.95. The van der Waals surface area contributed by atoms with Gasteiger partial charge in [-0.3, -0.25) is 14.3 Å². The lowest BCUT2D eigenvalue weighted by molar-refractivity contribution is 0.100. The van der Waals surface area contributed by atoms with Crippen LogP contribution in [0, 0.1) is 6.92 Å². The molecular weight excluding hydrogens is 256 g/mol. The van der Waals surface area contributed by atoms with Gasteiger partial charge in [0.15, 0.2) is 5.69 Å². The average Bonchev–Trinajstić information content (AvgIpc) is 2.80. The summed E-state index contributed by atoms with van der Waals surface area (Å²) in [6, 6.07) is 8.30. The minimum absolute atomic E-state index is 0.271. The first-order valence-corrected chi connectivity index (χ1v) is 6.27. The van der Waals surface area contributed by atoms with Crippen molar-refractivity contribution in [2.75, 3.05) is 5.32 Å². The highest BCUT2D eigenvalue weighted by Crippen LogP contribution is 2.15. The van der Waals surface area contributed by atoms with Crippen LogP contribution in [0.25, 0.3) is 0 Å². The molecule has 0 spiro atoms. The summed E-state index contributed by atoms with van der Waals surface area (Å²) < 4.78 is 1.73. The van der Waals surface area contributed by atoms with Crippen LogP contribution in [0.4, 0.5) is 5.69 Å². The summed E-state index contributed by atoms with van der Waals surface area (Å²) in [7, 11) is 0. The van der Waals surface area contributed by atoms with Crippen molar-refractivity contribution in [1.82, 2.24) is 9.78 Å². The van der Waals surface area contributed by atoms with Crippen molar-refractivity contribution in [3.63, 3.8) is 0 Å². The zero-order valence-corrected chi connectivity index (χ0v) is 11.4. The second kappa shape index (κ2) is 5.56. The lowest BCUT2D eigenvalue weighted by Gasteiger charge is -2.07. The fraction of sp³-hybridized carbons (Fsp3) is 0.214. The molecule has 0 aliphatic heterocycles. The normalized spacial score (nSPS) is 10.3. The van der Waals surface area contributed by atoms with Gasteiger partial charge in [-0.15, -0.1) is 0 Å². The van der Waals surface area contributed by atoms with Crippen LogP contribution in [0.3, 0.4) is 0 Å². The third-order valence-corrected chi connectivity index (χ3v) is 2.95.